The number of aromatic amines is 1. The van der Waals surface area contributed by atoms with Gasteiger partial charge in [0, 0.05) is 18.6 Å². The van der Waals surface area contributed by atoms with Crippen molar-refractivity contribution in [2.24, 2.45) is 18.4 Å². The van der Waals surface area contributed by atoms with Gasteiger partial charge in [-0.1, -0.05) is 51.5 Å². The van der Waals surface area contributed by atoms with Crippen molar-refractivity contribution >= 4 is 36.5 Å². The summed E-state index contributed by atoms with van der Waals surface area (Å²) >= 11 is 0. The Hall–Kier alpha value is -4.50. The van der Waals surface area contributed by atoms with Crippen LogP contribution in [0.4, 0.5) is 13.2 Å². The molecule has 0 unspecified atom stereocenters. The van der Waals surface area contributed by atoms with Gasteiger partial charge in [0.15, 0.2) is 33.1 Å². The number of hydrogen-bond donors (Lipinski definition) is 2. The summed E-state index contributed by atoms with van der Waals surface area (Å²) in [5, 5.41) is 14.2. The predicted octanol–water partition coefficient (Wildman–Crippen LogP) is 6.95. The maximum Gasteiger partial charge on any atom is 0.306 e. The Kier molecular flexibility index (Phi) is 9.90. The number of aliphatic carboxylic acids is 1. The van der Waals surface area contributed by atoms with Crippen LogP contribution in [0.25, 0.3) is 22.3 Å². The summed E-state index contributed by atoms with van der Waals surface area (Å²) in [6.45, 7) is 7.15. The third-order valence-corrected chi connectivity index (χ3v) is 14.2. The van der Waals surface area contributed by atoms with Crippen LogP contribution in [0.1, 0.15) is 69.5 Å². The molecule has 1 aliphatic rings. The number of halogens is 3. The van der Waals surface area contributed by atoms with Gasteiger partial charge in [0.25, 0.3) is 0 Å². The van der Waals surface area contributed by atoms with Gasteiger partial charge in [0.1, 0.15) is 10.7 Å². The third-order valence-electron chi connectivity index (χ3n) is 10.3. The Labute approximate surface area is 306 Å². The molecule has 0 saturated carbocycles. The van der Waals surface area contributed by atoms with E-state index in [9.17, 15) is 26.7 Å². The van der Waals surface area contributed by atoms with Crippen LogP contribution in [0.5, 0.6) is 0 Å². The highest BCUT2D eigenvalue weighted by atomic mass is 32.2. The molecule has 15 heteroatoms. The standard InChI is InChI=1S/C38H41F3N4O6S2/c1-22(35(46)47)18-23-8-6-9-24(19-23)38(4)15-7-14-37(2,3)21-52(48,49)17-13-27-26-12-16-42-32(26)30(40)31(41)33(27)53(50,51)25-10-11-29(39)28(20-25)34-43-36(38)44-45(34)5/h6,8-12,16,19-20,22,42H,7,13-15,17-18,21H2,1-5H3,(H,46,47)/t22-,38-/m1/s1. The predicted molar refractivity (Wildman–Crippen MR) is 193 cm³/mol. The number of carboxylic acids is 1. The average molecular weight is 771 g/mol. The fourth-order valence-electron chi connectivity index (χ4n) is 7.39. The highest BCUT2D eigenvalue weighted by Crippen LogP contribution is 2.41. The Morgan fingerprint density at radius 1 is 1.02 bits per heavy atom. The quantitative estimate of drug-likeness (QED) is 0.186. The zero-order valence-electron chi connectivity index (χ0n) is 30.0. The molecule has 10 nitrogen and oxygen atoms in total. The summed E-state index contributed by atoms with van der Waals surface area (Å²) in [5.41, 5.74) is -0.927. The molecule has 0 saturated heterocycles. The Morgan fingerprint density at radius 2 is 1.75 bits per heavy atom. The summed E-state index contributed by atoms with van der Waals surface area (Å²) in [4.78, 5) is 17.4. The van der Waals surface area contributed by atoms with Gasteiger partial charge >= 0.3 is 5.97 Å². The van der Waals surface area contributed by atoms with E-state index in [0.29, 0.717) is 19.3 Å². The first-order valence-electron chi connectivity index (χ1n) is 17.2. The lowest BCUT2D eigenvalue weighted by Crippen LogP contribution is -2.29. The SMILES string of the molecule is C[C@H](Cc1cccc([C@@]2(C)CCCC(C)(C)CS(=O)(=O)CCc3c(c(F)c(F)c4[nH]ccc34)S(=O)(=O)c3ccc(F)c(c3)-c3nc2nn3C)c1)C(=O)O. The molecule has 3 aromatic carbocycles. The van der Waals surface area contributed by atoms with E-state index in [-0.39, 0.29) is 45.9 Å². The molecule has 282 valence electrons. The molecule has 0 amide bonds. The van der Waals surface area contributed by atoms with E-state index in [0.717, 1.165) is 29.3 Å². The van der Waals surface area contributed by atoms with Crippen molar-refractivity contribution in [3.8, 4) is 11.4 Å². The lowest BCUT2D eigenvalue weighted by molar-refractivity contribution is -0.141. The van der Waals surface area contributed by atoms with Crippen molar-refractivity contribution in [3.05, 3.63) is 94.7 Å². The van der Waals surface area contributed by atoms with Crippen molar-refractivity contribution in [1.82, 2.24) is 19.7 Å². The molecule has 2 aromatic heterocycles. The van der Waals surface area contributed by atoms with Crippen molar-refractivity contribution in [1.29, 1.82) is 0 Å². The largest absolute Gasteiger partial charge is 0.481 e. The first-order valence-corrected chi connectivity index (χ1v) is 20.5. The summed E-state index contributed by atoms with van der Waals surface area (Å²) in [7, 11) is -7.27. The highest BCUT2D eigenvalue weighted by Gasteiger charge is 2.38. The molecule has 1 aliphatic heterocycles. The molecule has 0 radical (unpaired) electrons. The monoisotopic (exact) mass is 770 g/mol. The van der Waals surface area contributed by atoms with E-state index in [1.54, 1.807) is 6.92 Å². The van der Waals surface area contributed by atoms with Gasteiger partial charge in [0.2, 0.25) is 9.84 Å². The van der Waals surface area contributed by atoms with E-state index in [2.05, 4.69) is 10.1 Å². The summed E-state index contributed by atoms with van der Waals surface area (Å²) in [5.74, 6) is -6.08. The number of aromatic nitrogens is 4. The fraction of sp³-hybridized carbons (Fsp3) is 0.395. The second-order valence-electron chi connectivity index (χ2n) is 15.1. The molecule has 53 heavy (non-hydrogen) atoms. The molecule has 5 aromatic rings. The second kappa shape index (κ2) is 13.7. The van der Waals surface area contributed by atoms with Crippen molar-refractivity contribution in [2.45, 2.75) is 75.0 Å². The molecule has 6 rings (SSSR count). The molecular formula is C38H41F3N4O6S2. The topological polar surface area (TPSA) is 152 Å². The number of rotatable bonds is 4. The average Bonchev–Trinajstić information content (AvgIpc) is 3.72. The second-order valence-corrected chi connectivity index (χ2v) is 19.1. The number of benzene rings is 3. The van der Waals surface area contributed by atoms with Crippen LogP contribution < -0.4 is 0 Å². The summed E-state index contributed by atoms with van der Waals surface area (Å²) in [6, 6.07) is 11.6. The summed E-state index contributed by atoms with van der Waals surface area (Å²) in [6.07, 6.45) is 2.54. The number of nitrogens with zero attached hydrogens (tertiary/aromatic N) is 3. The molecule has 4 bridgehead atoms. The minimum atomic E-state index is -4.92. The first-order chi connectivity index (χ1) is 24.7. The van der Waals surface area contributed by atoms with E-state index in [1.165, 1.54) is 24.0 Å². The van der Waals surface area contributed by atoms with Gasteiger partial charge in [-0.2, -0.15) is 5.10 Å². The fourth-order valence-corrected chi connectivity index (χ4v) is 11.0. The van der Waals surface area contributed by atoms with Gasteiger partial charge in [-0.05, 0) is 79.0 Å². The van der Waals surface area contributed by atoms with Crippen LogP contribution in [0.15, 0.2) is 64.5 Å². The molecule has 2 N–H and O–H groups in total. The number of carboxylic acid groups (broad SMARTS) is 1. The zero-order valence-corrected chi connectivity index (χ0v) is 31.6. The molecule has 0 spiro atoms. The van der Waals surface area contributed by atoms with Gasteiger partial charge in [-0.25, -0.2) is 39.7 Å². The lowest BCUT2D eigenvalue weighted by atomic mass is 9.75. The zero-order chi connectivity index (χ0) is 38.7. The van der Waals surface area contributed by atoms with Crippen LogP contribution in [0.3, 0.4) is 0 Å². The first kappa shape index (κ1) is 38.2. The number of H-pyrrole nitrogens is 1. The normalized spacial score (nSPS) is 20.6. The Morgan fingerprint density at radius 3 is 2.47 bits per heavy atom. The highest BCUT2D eigenvalue weighted by molar-refractivity contribution is 7.92. The van der Waals surface area contributed by atoms with Crippen LogP contribution in [0, 0.1) is 28.8 Å². The summed E-state index contributed by atoms with van der Waals surface area (Å²) < 4.78 is 104. The maximum atomic E-state index is 16.0. The van der Waals surface area contributed by atoms with Gasteiger partial charge in [-0.3, -0.25) is 4.79 Å². The number of carbonyl (C=O) groups is 1. The Bertz CT molecular complexity index is 2480. The lowest BCUT2D eigenvalue weighted by Gasteiger charge is -2.31. The van der Waals surface area contributed by atoms with Crippen LogP contribution in [0.2, 0.25) is 0 Å². The number of nitrogens with one attached hydrogen (secondary N) is 1. The van der Waals surface area contributed by atoms with E-state index in [1.807, 2.05) is 45.0 Å². The van der Waals surface area contributed by atoms with Gasteiger partial charge < -0.3 is 10.1 Å². The van der Waals surface area contributed by atoms with Crippen molar-refractivity contribution in [2.75, 3.05) is 11.5 Å². The van der Waals surface area contributed by atoms with Crippen molar-refractivity contribution < 1.29 is 39.9 Å². The minimum Gasteiger partial charge on any atom is -0.481 e. The molecule has 0 fully saturated rings. The number of aryl methyl sites for hydroxylation is 2. The number of fused-ring (bicyclic) bond motifs is 8. The van der Waals surface area contributed by atoms with Crippen LogP contribution in [-0.2, 0) is 49.8 Å². The van der Waals surface area contributed by atoms with E-state index >= 15 is 13.2 Å². The number of sulfone groups is 2. The molecule has 0 aliphatic carbocycles. The smallest absolute Gasteiger partial charge is 0.306 e. The van der Waals surface area contributed by atoms with E-state index in [4.69, 9.17) is 4.98 Å². The van der Waals surface area contributed by atoms with Gasteiger partial charge in [0.05, 0.1) is 38.8 Å². The van der Waals surface area contributed by atoms with Crippen LogP contribution >= 0.6 is 0 Å². The Balaban J connectivity index is 1.57. The molecule has 2 atom stereocenters. The third kappa shape index (κ3) is 7.25. The van der Waals surface area contributed by atoms with Gasteiger partial charge in [-0.15, -0.1) is 0 Å². The minimum absolute atomic E-state index is 0.0167. The van der Waals surface area contributed by atoms with Crippen molar-refractivity contribution in [3.63, 3.8) is 0 Å². The molecule has 3 heterocycles. The molecular weight excluding hydrogens is 730 g/mol. The van der Waals surface area contributed by atoms with E-state index < -0.39 is 81.8 Å². The maximum absolute atomic E-state index is 16.0. The van der Waals surface area contributed by atoms with Crippen LogP contribution in [-0.4, -0.2) is 59.2 Å². The number of hydrogen-bond acceptors (Lipinski definition) is 7.